The van der Waals surface area contributed by atoms with Gasteiger partial charge in [-0.05, 0) is 43.9 Å². The second-order valence-corrected chi connectivity index (χ2v) is 5.07. The number of aliphatic hydroxyl groups excluding tert-OH is 1. The van der Waals surface area contributed by atoms with Crippen LogP contribution in [0.2, 0.25) is 0 Å². The Hall–Kier alpha value is -1.69. The summed E-state index contributed by atoms with van der Waals surface area (Å²) in [5.41, 5.74) is 1.71. The Kier molecular flexibility index (Phi) is 5.92. The quantitative estimate of drug-likeness (QED) is 0.750. The van der Waals surface area contributed by atoms with Gasteiger partial charge in [-0.2, -0.15) is 0 Å². The summed E-state index contributed by atoms with van der Waals surface area (Å²) < 4.78 is 11.2. The highest BCUT2D eigenvalue weighted by molar-refractivity contribution is 5.83. The Morgan fingerprint density at radius 3 is 2.76 bits per heavy atom. The van der Waals surface area contributed by atoms with E-state index in [4.69, 9.17) is 9.47 Å². The Morgan fingerprint density at radius 1 is 1.14 bits per heavy atom. The normalized spacial score (nSPS) is 11.2. The van der Waals surface area contributed by atoms with Crippen LogP contribution in [0.1, 0.15) is 5.56 Å². The first-order chi connectivity index (χ1) is 10.2. The zero-order valence-electron chi connectivity index (χ0n) is 12.6. The number of pyridine rings is 1. The fraction of sp³-hybridized carbons (Fsp3) is 0.438. The van der Waals surface area contributed by atoms with Gasteiger partial charge in [0.2, 0.25) is 0 Å². The van der Waals surface area contributed by atoms with Crippen LogP contribution in [0.3, 0.4) is 0 Å². The highest BCUT2D eigenvalue weighted by atomic mass is 16.5. The standard InChI is InChI=1S/C16H22N2O3/c1-18(2)7-8-20-9-10-21-14-3-4-16-15(11-14)13(12-19)5-6-17-16/h3-6,11,19H,7-10,12H2,1-2H3. The summed E-state index contributed by atoms with van der Waals surface area (Å²) in [6.07, 6.45) is 1.70. The third-order valence-corrected chi connectivity index (χ3v) is 3.15. The molecule has 2 aromatic rings. The smallest absolute Gasteiger partial charge is 0.120 e. The summed E-state index contributed by atoms with van der Waals surface area (Å²) in [5, 5.41) is 10.3. The molecule has 2 rings (SSSR count). The summed E-state index contributed by atoms with van der Waals surface area (Å²) >= 11 is 0. The van der Waals surface area contributed by atoms with Gasteiger partial charge in [0.15, 0.2) is 0 Å². The molecule has 0 fully saturated rings. The molecule has 1 heterocycles. The van der Waals surface area contributed by atoms with E-state index in [1.165, 1.54) is 0 Å². The molecule has 1 N–H and O–H groups in total. The predicted molar refractivity (Wildman–Crippen MR) is 82.5 cm³/mol. The molecule has 0 atom stereocenters. The minimum absolute atomic E-state index is 0.00385. The molecule has 0 aliphatic carbocycles. The van der Waals surface area contributed by atoms with Crippen LogP contribution in [-0.2, 0) is 11.3 Å². The fourth-order valence-corrected chi connectivity index (χ4v) is 1.98. The number of rotatable bonds is 8. The molecule has 114 valence electrons. The van der Waals surface area contributed by atoms with Crippen molar-refractivity contribution in [3.05, 3.63) is 36.0 Å². The van der Waals surface area contributed by atoms with E-state index in [2.05, 4.69) is 9.88 Å². The molecule has 0 saturated heterocycles. The van der Waals surface area contributed by atoms with Crippen LogP contribution >= 0.6 is 0 Å². The van der Waals surface area contributed by atoms with Crippen molar-refractivity contribution in [2.24, 2.45) is 0 Å². The van der Waals surface area contributed by atoms with E-state index in [0.29, 0.717) is 19.8 Å². The number of ether oxygens (including phenoxy) is 2. The summed E-state index contributed by atoms with van der Waals surface area (Å²) in [5.74, 6) is 0.765. The van der Waals surface area contributed by atoms with Crippen LogP contribution in [0, 0.1) is 0 Å². The van der Waals surface area contributed by atoms with Crippen molar-refractivity contribution < 1.29 is 14.6 Å². The molecular weight excluding hydrogens is 268 g/mol. The molecule has 1 aromatic carbocycles. The molecule has 0 unspecified atom stereocenters. The number of hydrogen-bond donors (Lipinski definition) is 1. The molecule has 5 nitrogen and oxygen atoms in total. The van der Waals surface area contributed by atoms with E-state index >= 15 is 0 Å². The molecule has 0 amide bonds. The van der Waals surface area contributed by atoms with E-state index in [1.54, 1.807) is 6.20 Å². The first kappa shape index (κ1) is 15.7. The van der Waals surface area contributed by atoms with Gasteiger partial charge in [0.1, 0.15) is 12.4 Å². The highest BCUT2D eigenvalue weighted by Gasteiger charge is 2.03. The maximum atomic E-state index is 9.35. The molecule has 21 heavy (non-hydrogen) atoms. The van der Waals surface area contributed by atoms with E-state index in [9.17, 15) is 5.11 Å². The van der Waals surface area contributed by atoms with Crippen molar-refractivity contribution in [1.82, 2.24) is 9.88 Å². The van der Waals surface area contributed by atoms with Crippen molar-refractivity contribution in [3.8, 4) is 5.75 Å². The molecule has 0 aliphatic heterocycles. The summed E-state index contributed by atoms with van der Waals surface area (Å²) in [6, 6.07) is 7.51. The molecule has 0 spiro atoms. The number of aromatic nitrogens is 1. The third-order valence-electron chi connectivity index (χ3n) is 3.15. The zero-order chi connectivity index (χ0) is 15.1. The van der Waals surface area contributed by atoms with E-state index < -0.39 is 0 Å². The van der Waals surface area contributed by atoms with E-state index in [0.717, 1.165) is 28.8 Å². The number of hydrogen-bond acceptors (Lipinski definition) is 5. The fourth-order valence-electron chi connectivity index (χ4n) is 1.98. The van der Waals surface area contributed by atoms with Crippen LogP contribution in [0.25, 0.3) is 10.9 Å². The SMILES string of the molecule is CN(C)CCOCCOc1ccc2nccc(CO)c2c1. The average molecular weight is 290 g/mol. The molecule has 0 bridgehead atoms. The summed E-state index contributed by atoms with van der Waals surface area (Å²) in [7, 11) is 4.03. The number of likely N-dealkylation sites (N-methyl/N-ethyl adjacent to an activating group) is 1. The predicted octanol–water partition coefficient (Wildman–Crippen LogP) is 1.68. The summed E-state index contributed by atoms with van der Waals surface area (Å²) in [4.78, 5) is 6.35. The first-order valence-electron chi connectivity index (χ1n) is 7.04. The molecule has 1 aromatic heterocycles. The maximum absolute atomic E-state index is 9.35. The van der Waals surface area contributed by atoms with Gasteiger partial charge in [0.25, 0.3) is 0 Å². The molecule has 5 heteroatoms. The van der Waals surface area contributed by atoms with Crippen molar-refractivity contribution in [2.45, 2.75) is 6.61 Å². The van der Waals surface area contributed by atoms with Gasteiger partial charge in [-0.1, -0.05) is 0 Å². The number of benzene rings is 1. The van der Waals surface area contributed by atoms with Crippen molar-refractivity contribution in [1.29, 1.82) is 0 Å². The minimum atomic E-state index is -0.00385. The maximum Gasteiger partial charge on any atom is 0.120 e. The lowest BCUT2D eigenvalue weighted by Gasteiger charge is -2.11. The van der Waals surface area contributed by atoms with Crippen LogP contribution in [0.5, 0.6) is 5.75 Å². The topological polar surface area (TPSA) is 54.8 Å². The highest BCUT2D eigenvalue weighted by Crippen LogP contribution is 2.22. The van der Waals surface area contributed by atoms with Crippen LogP contribution in [-0.4, -0.2) is 55.5 Å². The third kappa shape index (κ3) is 4.67. The van der Waals surface area contributed by atoms with E-state index in [1.807, 2.05) is 38.4 Å². The minimum Gasteiger partial charge on any atom is -0.491 e. The summed E-state index contributed by atoms with van der Waals surface area (Å²) in [6.45, 7) is 2.67. The van der Waals surface area contributed by atoms with E-state index in [-0.39, 0.29) is 6.61 Å². The molecule has 0 saturated carbocycles. The Balaban J connectivity index is 1.88. The number of aliphatic hydroxyl groups is 1. The van der Waals surface area contributed by atoms with Crippen LogP contribution in [0.15, 0.2) is 30.5 Å². The van der Waals surface area contributed by atoms with Crippen molar-refractivity contribution >= 4 is 10.9 Å². The second-order valence-electron chi connectivity index (χ2n) is 5.07. The number of fused-ring (bicyclic) bond motifs is 1. The lowest BCUT2D eigenvalue weighted by atomic mass is 10.1. The largest absolute Gasteiger partial charge is 0.491 e. The van der Waals surface area contributed by atoms with Crippen molar-refractivity contribution in [3.63, 3.8) is 0 Å². The van der Waals surface area contributed by atoms with Gasteiger partial charge in [-0.3, -0.25) is 4.98 Å². The Labute approximate surface area is 125 Å². The van der Waals surface area contributed by atoms with Gasteiger partial charge in [-0.25, -0.2) is 0 Å². The second kappa shape index (κ2) is 7.93. The lowest BCUT2D eigenvalue weighted by molar-refractivity contribution is 0.0890. The molecule has 0 radical (unpaired) electrons. The van der Waals surface area contributed by atoms with Gasteiger partial charge in [0, 0.05) is 18.1 Å². The zero-order valence-corrected chi connectivity index (χ0v) is 12.6. The van der Waals surface area contributed by atoms with Crippen LogP contribution in [0.4, 0.5) is 0 Å². The van der Waals surface area contributed by atoms with Gasteiger partial charge in [-0.15, -0.1) is 0 Å². The van der Waals surface area contributed by atoms with Gasteiger partial charge < -0.3 is 19.5 Å². The number of nitrogens with zero attached hydrogens (tertiary/aromatic N) is 2. The average Bonchev–Trinajstić information content (AvgIpc) is 2.49. The van der Waals surface area contributed by atoms with Gasteiger partial charge >= 0.3 is 0 Å². The Morgan fingerprint density at radius 2 is 2.00 bits per heavy atom. The Bertz CT molecular complexity index is 572. The first-order valence-corrected chi connectivity index (χ1v) is 7.04. The monoisotopic (exact) mass is 290 g/mol. The lowest BCUT2D eigenvalue weighted by Crippen LogP contribution is -2.19. The van der Waals surface area contributed by atoms with Crippen LogP contribution < -0.4 is 4.74 Å². The van der Waals surface area contributed by atoms with Crippen molar-refractivity contribution in [2.75, 3.05) is 40.5 Å². The molecular formula is C16H22N2O3. The molecule has 0 aliphatic rings. The van der Waals surface area contributed by atoms with Gasteiger partial charge in [0.05, 0.1) is 25.3 Å².